The zero-order valence-electron chi connectivity index (χ0n) is 8.76. The summed E-state index contributed by atoms with van der Waals surface area (Å²) in [6, 6.07) is 11.3. The zero-order valence-corrected chi connectivity index (χ0v) is 11.7. The number of amides is 1. The lowest BCUT2D eigenvalue weighted by molar-refractivity contribution is 0.0954. The van der Waals surface area contributed by atoms with Gasteiger partial charge in [0.1, 0.15) is 0 Å². The molecule has 1 amide bonds. The summed E-state index contributed by atoms with van der Waals surface area (Å²) >= 11 is 3.70. The molecule has 0 atom stereocenters. The number of benzene rings is 1. The number of hydrogen-bond donors (Lipinski definition) is 1. The van der Waals surface area contributed by atoms with Gasteiger partial charge in [-0.2, -0.15) is 5.10 Å². The van der Waals surface area contributed by atoms with Gasteiger partial charge in [-0.25, -0.2) is 5.43 Å². The van der Waals surface area contributed by atoms with Crippen molar-refractivity contribution in [3.05, 3.63) is 55.8 Å². The number of carbonyl (C=O) groups excluding carboxylic acids is 1. The molecule has 86 valence electrons. The van der Waals surface area contributed by atoms with Gasteiger partial charge < -0.3 is 0 Å². The molecule has 1 heterocycles. The van der Waals surface area contributed by atoms with E-state index in [0.717, 1.165) is 8.45 Å². The van der Waals surface area contributed by atoms with E-state index in [4.69, 9.17) is 0 Å². The molecule has 0 radical (unpaired) electrons. The van der Waals surface area contributed by atoms with E-state index in [1.165, 1.54) is 0 Å². The van der Waals surface area contributed by atoms with Crippen LogP contribution in [0.3, 0.4) is 0 Å². The van der Waals surface area contributed by atoms with Crippen LogP contribution in [0.5, 0.6) is 0 Å². The Hall–Kier alpha value is -1.21. The SMILES string of the molecule is O=C(NN=Cc1cccs1)c1ccccc1I. The fourth-order valence-corrected chi connectivity index (χ4v) is 2.44. The molecule has 0 saturated heterocycles. The molecule has 17 heavy (non-hydrogen) atoms. The molecule has 0 spiro atoms. The van der Waals surface area contributed by atoms with Gasteiger partial charge in [-0.1, -0.05) is 18.2 Å². The smallest absolute Gasteiger partial charge is 0.267 e. The Balaban J connectivity index is 2.01. The lowest BCUT2D eigenvalue weighted by Crippen LogP contribution is -2.18. The van der Waals surface area contributed by atoms with E-state index in [-0.39, 0.29) is 5.91 Å². The van der Waals surface area contributed by atoms with Gasteiger partial charge in [0.2, 0.25) is 0 Å². The first-order valence-electron chi connectivity index (χ1n) is 4.89. The number of carbonyl (C=O) groups is 1. The molecule has 1 aromatic heterocycles. The molecule has 0 aliphatic carbocycles. The molecule has 1 aromatic carbocycles. The lowest BCUT2D eigenvalue weighted by Gasteiger charge is -2.01. The van der Waals surface area contributed by atoms with Crippen LogP contribution in [0.1, 0.15) is 15.2 Å². The number of hydrogen-bond acceptors (Lipinski definition) is 3. The molecular formula is C12H9IN2OS. The van der Waals surface area contributed by atoms with Gasteiger partial charge in [-0.15, -0.1) is 11.3 Å². The fraction of sp³-hybridized carbons (Fsp3) is 0. The molecule has 5 heteroatoms. The predicted octanol–water partition coefficient (Wildman–Crippen LogP) is 3.12. The second kappa shape index (κ2) is 5.92. The summed E-state index contributed by atoms with van der Waals surface area (Å²) in [7, 11) is 0. The number of rotatable bonds is 3. The minimum absolute atomic E-state index is 0.192. The normalized spacial score (nSPS) is 10.6. The highest BCUT2D eigenvalue weighted by atomic mass is 127. The number of nitrogens with zero attached hydrogens (tertiary/aromatic N) is 1. The molecule has 0 aliphatic rings. The van der Waals surface area contributed by atoms with Crippen LogP contribution in [-0.4, -0.2) is 12.1 Å². The van der Waals surface area contributed by atoms with E-state index in [1.54, 1.807) is 23.6 Å². The number of thiophene rings is 1. The van der Waals surface area contributed by atoms with Gasteiger partial charge in [0.05, 0.1) is 11.8 Å². The Morgan fingerprint density at radius 3 is 2.82 bits per heavy atom. The van der Waals surface area contributed by atoms with Crippen LogP contribution in [0.25, 0.3) is 0 Å². The van der Waals surface area contributed by atoms with Gasteiger partial charge in [0, 0.05) is 8.45 Å². The Labute approximate surface area is 117 Å². The quantitative estimate of drug-likeness (QED) is 0.513. The van der Waals surface area contributed by atoms with Gasteiger partial charge in [-0.3, -0.25) is 4.79 Å². The standard InChI is InChI=1S/C12H9IN2OS/c13-11-6-2-1-5-10(11)12(16)15-14-8-9-4-3-7-17-9/h1-8H,(H,15,16). The van der Waals surface area contributed by atoms with Crippen molar-refractivity contribution < 1.29 is 4.79 Å². The highest BCUT2D eigenvalue weighted by molar-refractivity contribution is 14.1. The molecule has 0 fully saturated rings. The summed E-state index contributed by atoms with van der Waals surface area (Å²) in [5.74, 6) is -0.192. The van der Waals surface area contributed by atoms with E-state index < -0.39 is 0 Å². The van der Waals surface area contributed by atoms with E-state index in [2.05, 4.69) is 33.1 Å². The highest BCUT2D eigenvalue weighted by Gasteiger charge is 2.07. The molecule has 2 aromatic rings. The van der Waals surface area contributed by atoms with Crippen molar-refractivity contribution >= 4 is 46.0 Å². The zero-order chi connectivity index (χ0) is 12.1. The van der Waals surface area contributed by atoms with Crippen LogP contribution in [0.4, 0.5) is 0 Å². The third-order valence-electron chi connectivity index (χ3n) is 2.02. The van der Waals surface area contributed by atoms with E-state index in [9.17, 15) is 4.79 Å². The van der Waals surface area contributed by atoms with Gasteiger partial charge >= 0.3 is 0 Å². The minimum atomic E-state index is -0.192. The number of hydrazone groups is 1. The molecule has 3 nitrogen and oxygen atoms in total. The van der Waals surface area contributed by atoms with Crippen LogP contribution >= 0.6 is 33.9 Å². The summed E-state index contributed by atoms with van der Waals surface area (Å²) in [5, 5.41) is 5.88. The van der Waals surface area contributed by atoms with Crippen LogP contribution in [-0.2, 0) is 0 Å². The first-order valence-corrected chi connectivity index (χ1v) is 6.84. The second-order valence-corrected chi connectivity index (χ2v) is 5.34. The van der Waals surface area contributed by atoms with Gasteiger partial charge in [0.25, 0.3) is 5.91 Å². The van der Waals surface area contributed by atoms with Crippen LogP contribution < -0.4 is 5.43 Å². The van der Waals surface area contributed by atoms with E-state index in [1.807, 2.05) is 35.7 Å². The molecule has 0 saturated carbocycles. The van der Waals surface area contributed by atoms with Crippen molar-refractivity contribution in [3.8, 4) is 0 Å². The third-order valence-corrected chi connectivity index (χ3v) is 3.77. The van der Waals surface area contributed by atoms with Gasteiger partial charge in [-0.05, 0) is 46.2 Å². The predicted molar refractivity (Wildman–Crippen MR) is 78.5 cm³/mol. The second-order valence-electron chi connectivity index (χ2n) is 3.19. The maximum absolute atomic E-state index is 11.8. The summed E-state index contributed by atoms with van der Waals surface area (Å²) in [4.78, 5) is 12.8. The number of halogens is 1. The molecule has 0 unspecified atom stereocenters. The van der Waals surface area contributed by atoms with Crippen molar-refractivity contribution in [2.75, 3.05) is 0 Å². The van der Waals surface area contributed by atoms with Crippen LogP contribution in [0, 0.1) is 3.57 Å². The maximum atomic E-state index is 11.8. The summed E-state index contributed by atoms with van der Waals surface area (Å²) in [5.41, 5.74) is 3.15. The van der Waals surface area contributed by atoms with Crippen LogP contribution in [0.15, 0.2) is 46.9 Å². The molecular weight excluding hydrogens is 347 g/mol. The summed E-state index contributed by atoms with van der Waals surface area (Å²) in [6.45, 7) is 0. The first kappa shape index (κ1) is 12.3. The van der Waals surface area contributed by atoms with E-state index in [0.29, 0.717) is 5.56 Å². The molecule has 0 bridgehead atoms. The van der Waals surface area contributed by atoms with Gasteiger partial charge in [0.15, 0.2) is 0 Å². The monoisotopic (exact) mass is 356 g/mol. The average Bonchev–Trinajstić information content (AvgIpc) is 2.82. The van der Waals surface area contributed by atoms with Crippen molar-refractivity contribution in [1.82, 2.24) is 5.43 Å². The summed E-state index contributed by atoms with van der Waals surface area (Å²) in [6.07, 6.45) is 1.64. The summed E-state index contributed by atoms with van der Waals surface area (Å²) < 4.78 is 0.911. The maximum Gasteiger partial charge on any atom is 0.272 e. The fourth-order valence-electron chi connectivity index (χ4n) is 1.22. The van der Waals surface area contributed by atoms with E-state index >= 15 is 0 Å². The first-order chi connectivity index (χ1) is 8.27. The Kier molecular flexibility index (Phi) is 4.27. The number of nitrogens with one attached hydrogen (secondary N) is 1. The largest absolute Gasteiger partial charge is 0.272 e. The molecule has 1 N–H and O–H groups in total. The molecule has 0 aliphatic heterocycles. The lowest BCUT2D eigenvalue weighted by atomic mass is 10.2. The van der Waals surface area contributed by atoms with Crippen molar-refractivity contribution in [3.63, 3.8) is 0 Å². The van der Waals surface area contributed by atoms with Crippen molar-refractivity contribution in [1.29, 1.82) is 0 Å². The Morgan fingerprint density at radius 2 is 2.12 bits per heavy atom. The topological polar surface area (TPSA) is 41.5 Å². The third kappa shape index (κ3) is 3.37. The Bertz CT molecular complexity index is 537. The van der Waals surface area contributed by atoms with Crippen molar-refractivity contribution in [2.45, 2.75) is 0 Å². The minimum Gasteiger partial charge on any atom is -0.267 e. The van der Waals surface area contributed by atoms with Crippen molar-refractivity contribution in [2.24, 2.45) is 5.10 Å². The molecule has 2 rings (SSSR count). The average molecular weight is 356 g/mol. The Morgan fingerprint density at radius 1 is 1.29 bits per heavy atom. The van der Waals surface area contributed by atoms with Crippen LogP contribution in [0.2, 0.25) is 0 Å². The highest BCUT2D eigenvalue weighted by Crippen LogP contribution is 2.11.